The molecular formula is C34H31FeN3O. The van der Waals surface area contributed by atoms with Gasteiger partial charge in [0.25, 0.3) is 0 Å². The first-order chi connectivity index (χ1) is 18.7. The van der Waals surface area contributed by atoms with Crippen LogP contribution in [0.3, 0.4) is 0 Å². The molecule has 2 aliphatic rings. The van der Waals surface area contributed by atoms with Gasteiger partial charge < -0.3 is 9.30 Å². The van der Waals surface area contributed by atoms with E-state index in [1.54, 1.807) is 7.11 Å². The second-order valence-corrected chi connectivity index (χ2v) is 9.10. The average Bonchev–Trinajstić information content (AvgIpc) is 3.76. The third-order valence-corrected chi connectivity index (χ3v) is 6.65. The molecule has 2 aromatic carbocycles. The normalized spacial score (nSPS) is 16.2. The Morgan fingerprint density at radius 1 is 0.846 bits per heavy atom. The zero-order chi connectivity index (χ0) is 26.2. The summed E-state index contributed by atoms with van der Waals surface area (Å²) >= 11 is 0. The van der Waals surface area contributed by atoms with Crippen LogP contribution < -0.4 is 4.74 Å². The summed E-state index contributed by atoms with van der Waals surface area (Å²) in [6.45, 7) is 3.01. The van der Waals surface area contributed by atoms with Gasteiger partial charge in [0.05, 0.1) is 12.8 Å². The van der Waals surface area contributed by atoms with Crippen molar-refractivity contribution in [3.8, 4) is 5.75 Å². The molecule has 196 valence electrons. The number of aromatic nitrogens is 2. The second kappa shape index (κ2) is 14.5. The smallest absolute Gasteiger partial charge is 0.141 e. The van der Waals surface area contributed by atoms with Crippen molar-refractivity contribution in [3.05, 3.63) is 153 Å². The van der Waals surface area contributed by atoms with E-state index in [-0.39, 0.29) is 23.0 Å². The number of pyridine rings is 1. The van der Waals surface area contributed by atoms with Gasteiger partial charge in [0.2, 0.25) is 0 Å². The molecule has 4 aromatic rings. The van der Waals surface area contributed by atoms with E-state index < -0.39 is 0 Å². The number of methoxy groups -OCH3 is 1. The molecule has 2 aromatic heterocycles. The summed E-state index contributed by atoms with van der Waals surface area (Å²) in [5.74, 6) is 2.30. The van der Waals surface area contributed by atoms with Crippen LogP contribution in [0.4, 0.5) is 5.69 Å². The Balaban J connectivity index is 0.000000530. The maximum atomic E-state index is 5.28. The van der Waals surface area contributed by atoms with Crippen LogP contribution in [0.2, 0.25) is 0 Å². The molecule has 0 N–H and O–H groups in total. The van der Waals surface area contributed by atoms with Gasteiger partial charge in [-0.1, -0.05) is 37.3 Å². The third kappa shape index (κ3) is 7.21. The monoisotopic (exact) mass is 553 g/mol. The van der Waals surface area contributed by atoms with Crippen LogP contribution in [0.5, 0.6) is 5.75 Å². The fourth-order valence-electron chi connectivity index (χ4n) is 4.71. The number of hydrogen-bond acceptors (Lipinski definition) is 3. The van der Waals surface area contributed by atoms with Crippen LogP contribution in [0, 0.1) is 63.7 Å². The Hall–Kier alpha value is -2.88. The Bertz CT molecular complexity index is 1310. The Labute approximate surface area is 244 Å². The molecule has 1 atom stereocenters. The van der Waals surface area contributed by atoms with Gasteiger partial charge in [0.15, 0.2) is 0 Å². The minimum Gasteiger partial charge on any atom is -0.497 e. The molecule has 0 unspecified atom stereocenters. The van der Waals surface area contributed by atoms with E-state index in [0.717, 1.165) is 34.6 Å². The standard InChI is InChI=1S/C29H26N3O.C5H5.Fe/c1-21(23-11-6-7-12-23)28-27(19-31-24-14-16-25(33-2)17-15-24)26-13-8-18-30-29(26)32(28)20-22-9-4-3-5-10-22;1-2-4-5-3-1;/h3-19,21H,20H2,1-2H3;1-5H;/t21-;;/m0../s1. The fourth-order valence-corrected chi connectivity index (χ4v) is 4.71. The molecule has 0 spiro atoms. The van der Waals surface area contributed by atoms with Crippen LogP contribution in [-0.4, -0.2) is 22.9 Å². The van der Waals surface area contributed by atoms with Crippen LogP contribution in [-0.2, 0) is 23.6 Å². The van der Waals surface area contributed by atoms with Crippen molar-refractivity contribution >= 4 is 22.9 Å². The maximum Gasteiger partial charge on any atom is 0.141 e. The minimum absolute atomic E-state index is 0. The first-order valence-electron chi connectivity index (χ1n) is 12.8. The number of benzene rings is 2. The number of aliphatic imine (C=N–C) groups is 1. The summed E-state index contributed by atoms with van der Waals surface area (Å²) in [5, 5.41) is 1.11. The van der Waals surface area contributed by atoms with Gasteiger partial charge in [-0.3, -0.25) is 4.99 Å². The van der Waals surface area contributed by atoms with Crippen molar-refractivity contribution in [3.63, 3.8) is 0 Å². The molecule has 0 aliphatic heterocycles. The second-order valence-electron chi connectivity index (χ2n) is 9.10. The summed E-state index contributed by atoms with van der Waals surface area (Å²) in [7, 11) is 1.67. The predicted molar refractivity (Wildman–Crippen MR) is 156 cm³/mol. The molecule has 2 aliphatic carbocycles. The molecule has 0 saturated heterocycles. The molecule has 10 radical (unpaired) electrons. The number of rotatable bonds is 7. The van der Waals surface area contributed by atoms with Crippen molar-refractivity contribution < 1.29 is 21.8 Å². The van der Waals surface area contributed by atoms with E-state index >= 15 is 0 Å². The van der Waals surface area contributed by atoms with Gasteiger partial charge in [-0.05, 0) is 106 Å². The molecule has 0 amide bonds. The van der Waals surface area contributed by atoms with Gasteiger partial charge in [-0.15, -0.1) is 0 Å². The summed E-state index contributed by atoms with van der Waals surface area (Å²) in [5.41, 5.74) is 5.44. The summed E-state index contributed by atoms with van der Waals surface area (Å²) in [6, 6.07) is 22.5. The third-order valence-electron chi connectivity index (χ3n) is 6.65. The van der Waals surface area contributed by atoms with E-state index in [4.69, 9.17) is 14.7 Å². The van der Waals surface area contributed by atoms with Crippen molar-refractivity contribution in [2.75, 3.05) is 7.11 Å². The zero-order valence-electron chi connectivity index (χ0n) is 22.1. The number of ether oxygens (including phenoxy) is 1. The first-order valence-corrected chi connectivity index (χ1v) is 12.8. The van der Waals surface area contributed by atoms with Crippen molar-refractivity contribution in [1.29, 1.82) is 0 Å². The molecule has 0 bridgehead atoms. The molecule has 39 heavy (non-hydrogen) atoms. The van der Waals surface area contributed by atoms with Crippen LogP contribution in [0.25, 0.3) is 11.0 Å². The summed E-state index contributed by atoms with van der Waals surface area (Å²) in [6.07, 6.45) is 22.4. The number of hydrogen-bond donors (Lipinski definition) is 0. The summed E-state index contributed by atoms with van der Waals surface area (Å²) < 4.78 is 7.62. The Kier molecular flexibility index (Phi) is 10.8. The fraction of sp³-hybridized carbons (Fsp3) is 0.118. The van der Waals surface area contributed by atoms with Crippen molar-refractivity contribution in [2.24, 2.45) is 4.99 Å². The van der Waals surface area contributed by atoms with Crippen molar-refractivity contribution in [1.82, 2.24) is 9.55 Å². The zero-order valence-corrected chi connectivity index (χ0v) is 23.2. The van der Waals surface area contributed by atoms with E-state index in [9.17, 15) is 0 Å². The minimum atomic E-state index is 0. The van der Waals surface area contributed by atoms with E-state index in [1.807, 2.05) is 74.8 Å². The molecule has 4 nitrogen and oxygen atoms in total. The van der Waals surface area contributed by atoms with Crippen LogP contribution in [0.1, 0.15) is 29.7 Å². The van der Waals surface area contributed by atoms with E-state index in [2.05, 4.69) is 73.6 Å². The topological polar surface area (TPSA) is 39.4 Å². The van der Waals surface area contributed by atoms with Gasteiger partial charge in [0.1, 0.15) is 11.4 Å². The predicted octanol–water partition coefficient (Wildman–Crippen LogP) is 7.37. The quantitative estimate of drug-likeness (QED) is 0.177. The maximum absolute atomic E-state index is 5.28. The molecule has 5 heteroatoms. The number of nitrogens with zero attached hydrogens (tertiary/aromatic N) is 3. The van der Waals surface area contributed by atoms with Crippen molar-refractivity contribution in [2.45, 2.75) is 19.4 Å². The molecule has 6 rings (SSSR count). The Morgan fingerprint density at radius 3 is 2.15 bits per heavy atom. The van der Waals surface area contributed by atoms with E-state index in [0.29, 0.717) is 0 Å². The first kappa shape index (κ1) is 29.1. The largest absolute Gasteiger partial charge is 0.497 e. The van der Waals surface area contributed by atoms with Gasteiger partial charge in [-0.2, -0.15) is 0 Å². The van der Waals surface area contributed by atoms with Gasteiger partial charge in [-0.25, -0.2) is 4.98 Å². The molecule has 2 fully saturated rings. The Morgan fingerprint density at radius 2 is 1.51 bits per heavy atom. The summed E-state index contributed by atoms with van der Waals surface area (Å²) in [4.78, 5) is 9.61. The SMILES string of the molecule is COc1ccc(N=Cc2c([C@@H](C)[C]3[CH][CH][CH][CH]3)n(Cc3ccccc3)c3ncccc23)cc1.[CH]1[CH][CH][CH][CH]1.[Fe]. The van der Waals surface area contributed by atoms with Crippen LogP contribution >= 0.6 is 0 Å². The molecule has 2 saturated carbocycles. The number of fused-ring (bicyclic) bond motifs is 1. The van der Waals surface area contributed by atoms with E-state index in [1.165, 1.54) is 17.2 Å². The van der Waals surface area contributed by atoms with Gasteiger partial charge in [0, 0.05) is 58.6 Å². The molecular weight excluding hydrogens is 522 g/mol. The average molecular weight is 553 g/mol. The molecule has 2 heterocycles. The van der Waals surface area contributed by atoms with Gasteiger partial charge >= 0.3 is 0 Å². The van der Waals surface area contributed by atoms with Crippen LogP contribution in [0.15, 0.2) is 77.9 Å².